The Morgan fingerprint density at radius 1 is 1.50 bits per heavy atom. The van der Waals surface area contributed by atoms with Gasteiger partial charge in [-0.05, 0) is 28.0 Å². The minimum atomic E-state index is -0.0112. The molecular formula is C11H10N6O. The highest BCUT2D eigenvalue weighted by Crippen LogP contribution is 2.13. The first-order chi connectivity index (χ1) is 8.70. The molecule has 2 aromatic rings. The highest BCUT2D eigenvalue weighted by Gasteiger charge is 2.12. The third kappa shape index (κ3) is 2.44. The second kappa shape index (κ2) is 4.97. The van der Waals surface area contributed by atoms with E-state index in [0.717, 1.165) is 5.56 Å². The molecule has 0 fully saturated rings. The van der Waals surface area contributed by atoms with Crippen LogP contribution in [0.3, 0.4) is 0 Å². The summed E-state index contributed by atoms with van der Waals surface area (Å²) in [7, 11) is 0. The van der Waals surface area contributed by atoms with Crippen LogP contribution in [0.25, 0.3) is 0 Å². The summed E-state index contributed by atoms with van der Waals surface area (Å²) in [6.45, 7) is 0. The van der Waals surface area contributed by atoms with Gasteiger partial charge in [0, 0.05) is 5.69 Å². The van der Waals surface area contributed by atoms with Crippen LogP contribution < -0.4 is 11.1 Å². The van der Waals surface area contributed by atoms with Crippen molar-refractivity contribution in [2.24, 2.45) is 0 Å². The molecule has 0 bridgehead atoms. The number of nitrogen functional groups attached to an aromatic ring is 1. The van der Waals surface area contributed by atoms with Gasteiger partial charge in [-0.3, -0.25) is 5.41 Å². The lowest BCUT2D eigenvalue weighted by atomic mass is 10.1. The Hall–Kier alpha value is -2.88. The molecular weight excluding hydrogens is 232 g/mol. The molecule has 0 atom stereocenters. The van der Waals surface area contributed by atoms with E-state index in [1.54, 1.807) is 18.2 Å². The molecule has 0 saturated carbocycles. The topological polar surface area (TPSA) is 125 Å². The maximum atomic E-state index is 8.62. The Morgan fingerprint density at radius 2 is 2.33 bits per heavy atom. The van der Waals surface area contributed by atoms with Gasteiger partial charge in [0.1, 0.15) is 0 Å². The van der Waals surface area contributed by atoms with Crippen LogP contribution in [0.2, 0.25) is 0 Å². The summed E-state index contributed by atoms with van der Waals surface area (Å²) >= 11 is 0. The fourth-order valence-electron chi connectivity index (χ4n) is 1.42. The highest BCUT2D eigenvalue weighted by molar-refractivity contribution is 6.07. The molecule has 0 aliphatic rings. The molecule has 1 heterocycles. The number of aromatic nitrogens is 2. The molecule has 1 aromatic carbocycles. The quantitative estimate of drug-likeness (QED) is 0.547. The largest absolute Gasteiger partial charge is 0.379 e. The number of hydrogen-bond donors (Lipinski definition) is 3. The standard InChI is InChI=1S/C11H10N6O/c12-5-4-7-2-1-3-8(6-7)15-10(13)9-11(14)17-18-16-9/h1-3,6H,4H2,(H2,13,15)(H2,14,17). The number of rotatable bonds is 3. The van der Waals surface area contributed by atoms with Crippen molar-refractivity contribution in [2.45, 2.75) is 6.42 Å². The number of nitrogens with zero attached hydrogens (tertiary/aromatic N) is 3. The molecule has 0 saturated heterocycles. The van der Waals surface area contributed by atoms with Gasteiger partial charge < -0.3 is 11.1 Å². The van der Waals surface area contributed by atoms with Gasteiger partial charge >= 0.3 is 0 Å². The van der Waals surface area contributed by atoms with Crippen LogP contribution in [0.15, 0.2) is 28.9 Å². The summed E-state index contributed by atoms with van der Waals surface area (Å²) in [6, 6.07) is 9.25. The summed E-state index contributed by atoms with van der Waals surface area (Å²) in [6.07, 6.45) is 0.316. The summed E-state index contributed by atoms with van der Waals surface area (Å²) in [5, 5.41) is 26.1. The molecule has 2 rings (SSSR count). The van der Waals surface area contributed by atoms with Crippen molar-refractivity contribution in [1.29, 1.82) is 10.7 Å². The molecule has 4 N–H and O–H groups in total. The second-order valence-electron chi connectivity index (χ2n) is 3.53. The van der Waals surface area contributed by atoms with Crippen LogP contribution in [0.4, 0.5) is 11.5 Å². The van der Waals surface area contributed by atoms with E-state index in [2.05, 4.69) is 26.3 Å². The van der Waals surface area contributed by atoms with Crippen LogP contribution >= 0.6 is 0 Å². The Kier molecular flexibility index (Phi) is 3.20. The lowest BCUT2D eigenvalue weighted by molar-refractivity contribution is 0.308. The number of anilines is 2. The van der Waals surface area contributed by atoms with Crippen LogP contribution in [0.5, 0.6) is 0 Å². The summed E-state index contributed by atoms with van der Waals surface area (Å²) in [4.78, 5) is 0. The predicted octanol–water partition coefficient (Wildman–Crippen LogP) is 1.16. The van der Waals surface area contributed by atoms with E-state index in [-0.39, 0.29) is 17.3 Å². The van der Waals surface area contributed by atoms with E-state index in [0.29, 0.717) is 12.1 Å². The van der Waals surface area contributed by atoms with Crippen molar-refractivity contribution < 1.29 is 4.63 Å². The fraction of sp³-hybridized carbons (Fsp3) is 0.0909. The van der Waals surface area contributed by atoms with Crippen molar-refractivity contribution in [3.63, 3.8) is 0 Å². The van der Waals surface area contributed by atoms with Gasteiger partial charge in [-0.25, -0.2) is 4.63 Å². The predicted molar refractivity (Wildman–Crippen MR) is 64.9 cm³/mol. The SMILES string of the molecule is N#CCc1cccc(NC(=N)c2nonc2N)c1. The van der Waals surface area contributed by atoms with Crippen molar-refractivity contribution in [1.82, 2.24) is 10.3 Å². The van der Waals surface area contributed by atoms with Crippen molar-refractivity contribution in [3.8, 4) is 6.07 Å². The number of benzene rings is 1. The zero-order valence-electron chi connectivity index (χ0n) is 9.34. The van der Waals surface area contributed by atoms with Crippen LogP contribution in [0, 0.1) is 16.7 Å². The lowest BCUT2D eigenvalue weighted by Gasteiger charge is -2.06. The van der Waals surface area contributed by atoms with Gasteiger partial charge in [0.25, 0.3) is 0 Å². The van der Waals surface area contributed by atoms with E-state index < -0.39 is 0 Å². The smallest absolute Gasteiger partial charge is 0.199 e. The molecule has 7 nitrogen and oxygen atoms in total. The fourth-order valence-corrected chi connectivity index (χ4v) is 1.42. The monoisotopic (exact) mass is 242 g/mol. The van der Waals surface area contributed by atoms with Gasteiger partial charge in [-0.2, -0.15) is 5.26 Å². The van der Waals surface area contributed by atoms with Gasteiger partial charge in [-0.1, -0.05) is 12.1 Å². The summed E-state index contributed by atoms with van der Waals surface area (Å²) < 4.78 is 4.42. The van der Waals surface area contributed by atoms with Crippen molar-refractivity contribution >= 4 is 17.3 Å². The average Bonchev–Trinajstić information content (AvgIpc) is 2.76. The zero-order valence-corrected chi connectivity index (χ0v) is 9.34. The molecule has 0 radical (unpaired) electrons. The third-order valence-corrected chi connectivity index (χ3v) is 2.23. The van der Waals surface area contributed by atoms with E-state index in [9.17, 15) is 0 Å². The molecule has 18 heavy (non-hydrogen) atoms. The Morgan fingerprint density at radius 3 is 3.00 bits per heavy atom. The van der Waals surface area contributed by atoms with Crippen LogP contribution in [0.1, 0.15) is 11.3 Å². The van der Waals surface area contributed by atoms with Crippen LogP contribution in [-0.4, -0.2) is 16.1 Å². The van der Waals surface area contributed by atoms with Gasteiger partial charge in [0.05, 0.1) is 12.5 Å². The minimum Gasteiger partial charge on any atom is -0.379 e. The number of nitriles is 1. The van der Waals surface area contributed by atoms with E-state index in [1.165, 1.54) is 0 Å². The number of nitrogens with one attached hydrogen (secondary N) is 2. The van der Waals surface area contributed by atoms with E-state index in [1.807, 2.05) is 6.07 Å². The van der Waals surface area contributed by atoms with E-state index >= 15 is 0 Å². The molecule has 0 aliphatic carbocycles. The first-order valence-electron chi connectivity index (χ1n) is 5.10. The Balaban J connectivity index is 2.15. The normalized spacial score (nSPS) is 9.72. The second-order valence-corrected chi connectivity index (χ2v) is 3.53. The lowest BCUT2D eigenvalue weighted by Crippen LogP contribution is -2.14. The number of hydrogen-bond acceptors (Lipinski definition) is 6. The number of amidine groups is 1. The highest BCUT2D eigenvalue weighted by atomic mass is 16.6. The average molecular weight is 242 g/mol. The zero-order chi connectivity index (χ0) is 13.0. The van der Waals surface area contributed by atoms with Gasteiger partial charge in [-0.15, -0.1) is 0 Å². The van der Waals surface area contributed by atoms with Gasteiger partial charge in [0.2, 0.25) is 0 Å². The first kappa shape index (κ1) is 11.6. The maximum absolute atomic E-state index is 8.62. The van der Waals surface area contributed by atoms with E-state index in [4.69, 9.17) is 16.4 Å². The molecule has 0 spiro atoms. The Labute approximate surface area is 103 Å². The van der Waals surface area contributed by atoms with Crippen molar-refractivity contribution in [2.75, 3.05) is 11.1 Å². The third-order valence-electron chi connectivity index (χ3n) is 2.23. The molecule has 1 aromatic heterocycles. The van der Waals surface area contributed by atoms with Crippen LogP contribution in [-0.2, 0) is 6.42 Å². The molecule has 0 aliphatic heterocycles. The molecule has 0 amide bonds. The number of nitrogens with two attached hydrogens (primary N) is 1. The first-order valence-corrected chi connectivity index (χ1v) is 5.10. The summed E-state index contributed by atoms with van der Waals surface area (Å²) in [5.41, 5.74) is 7.17. The molecule has 0 unspecified atom stereocenters. The maximum Gasteiger partial charge on any atom is 0.199 e. The van der Waals surface area contributed by atoms with Crippen molar-refractivity contribution in [3.05, 3.63) is 35.5 Å². The van der Waals surface area contributed by atoms with Gasteiger partial charge in [0.15, 0.2) is 17.3 Å². The molecule has 90 valence electrons. The Bertz CT molecular complexity index is 612. The minimum absolute atomic E-state index is 0.0112. The molecule has 7 heteroatoms. The summed E-state index contributed by atoms with van der Waals surface area (Å²) in [5.74, 6) is 0.0449.